The summed E-state index contributed by atoms with van der Waals surface area (Å²) < 4.78 is 1.97. The third-order valence-electron chi connectivity index (χ3n) is 2.94. The molecule has 1 aromatic carbocycles. The van der Waals surface area contributed by atoms with E-state index in [0.29, 0.717) is 0 Å². The molecule has 0 saturated carbocycles. The average Bonchev–Trinajstić information content (AvgIpc) is 2.70. The largest absolute Gasteiger partial charge is 0.354 e. The molecular weight excluding hydrogens is 224 g/mol. The highest BCUT2D eigenvalue weighted by Gasteiger charge is 2.13. The van der Waals surface area contributed by atoms with Gasteiger partial charge in [-0.2, -0.15) is 0 Å². The number of rotatable bonds is 4. The second kappa shape index (κ2) is 5.19. The number of carbonyl (C=O) groups excluding carboxylic acids is 1. The van der Waals surface area contributed by atoms with Crippen molar-refractivity contribution < 1.29 is 4.79 Å². The van der Waals surface area contributed by atoms with Gasteiger partial charge in [0.15, 0.2) is 5.78 Å². The van der Waals surface area contributed by atoms with Crippen molar-refractivity contribution in [3.05, 3.63) is 59.4 Å². The number of carbonyl (C=O) groups is 1. The van der Waals surface area contributed by atoms with Crippen molar-refractivity contribution in [2.45, 2.75) is 19.4 Å². The van der Waals surface area contributed by atoms with E-state index in [1.54, 1.807) is 0 Å². The topological polar surface area (TPSA) is 48.0 Å². The predicted octanol–water partition coefficient (Wildman–Crippen LogP) is 2.15. The van der Waals surface area contributed by atoms with Crippen LogP contribution in [0, 0.1) is 0 Å². The Labute approximate surface area is 107 Å². The Hall–Kier alpha value is -1.87. The molecule has 0 aliphatic heterocycles. The van der Waals surface area contributed by atoms with Crippen molar-refractivity contribution in [3.8, 4) is 0 Å². The lowest BCUT2D eigenvalue weighted by Gasteiger charge is -2.05. The van der Waals surface area contributed by atoms with E-state index in [1.165, 1.54) is 0 Å². The normalized spacial score (nSPS) is 12.4. The molecule has 2 aromatic rings. The molecule has 3 heteroatoms. The standard InChI is InChI=1S/C15H18N2O/c1-11(16)8-14-9-13(10-17(14)2)15(18)12-6-4-3-5-7-12/h3-7,9-11H,8,16H2,1-2H3. The maximum Gasteiger partial charge on any atom is 0.194 e. The van der Waals surface area contributed by atoms with Crippen LogP contribution in [0.2, 0.25) is 0 Å². The summed E-state index contributed by atoms with van der Waals surface area (Å²) in [6, 6.07) is 11.3. The molecule has 1 unspecified atom stereocenters. The van der Waals surface area contributed by atoms with Crippen LogP contribution in [-0.2, 0) is 13.5 Å². The third-order valence-corrected chi connectivity index (χ3v) is 2.94. The van der Waals surface area contributed by atoms with Gasteiger partial charge in [0, 0.05) is 42.5 Å². The molecule has 1 aromatic heterocycles. The minimum absolute atomic E-state index is 0.0575. The molecule has 1 atom stereocenters. The van der Waals surface area contributed by atoms with Gasteiger partial charge in [0.05, 0.1) is 0 Å². The van der Waals surface area contributed by atoms with E-state index in [0.717, 1.165) is 23.2 Å². The van der Waals surface area contributed by atoms with E-state index >= 15 is 0 Å². The highest BCUT2D eigenvalue weighted by Crippen LogP contribution is 2.14. The Balaban J connectivity index is 2.27. The van der Waals surface area contributed by atoms with Crippen molar-refractivity contribution in [3.63, 3.8) is 0 Å². The SMILES string of the molecule is CC(N)Cc1cc(C(=O)c2ccccc2)cn1C. The molecule has 0 bridgehead atoms. The number of nitrogens with two attached hydrogens (primary N) is 1. The molecule has 0 amide bonds. The van der Waals surface area contributed by atoms with Crippen LogP contribution >= 0.6 is 0 Å². The van der Waals surface area contributed by atoms with Gasteiger partial charge in [-0.25, -0.2) is 0 Å². The zero-order valence-corrected chi connectivity index (χ0v) is 10.8. The molecular formula is C15H18N2O. The van der Waals surface area contributed by atoms with Crippen LogP contribution in [0.1, 0.15) is 28.5 Å². The Morgan fingerprint density at radius 1 is 1.28 bits per heavy atom. The number of ketones is 1. The summed E-state index contributed by atoms with van der Waals surface area (Å²) in [5.41, 5.74) is 8.32. The zero-order chi connectivity index (χ0) is 13.1. The maximum absolute atomic E-state index is 12.3. The Bertz CT molecular complexity index is 541. The van der Waals surface area contributed by atoms with E-state index in [4.69, 9.17) is 5.73 Å². The minimum atomic E-state index is 0.0575. The Kier molecular flexibility index (Phi) is 3.63. The summed E-state index contributed by atoms with van der Waals surface area (Å²) in [6.45, 7) is 1.96. The van der Waals surface area contributed by atoms with Crippen LogP contribution in [-0.4, -0.2) is 16.4 Å². The number of hydrogen-bond donors (Lipinski definition) is 1. The number of aryl methyl sites for hydroxylation is 1. The summed E-state index contributed by atoms with van der Waals surface area (Å²) in [5.74, 6) is 0.0575. The maximum atomic E-state index is 12.3. The monoisotopic (exact) mass is 242 g/mol. The summed E-state index contributed by atoms with van der Waals surface area (Å²) in [5, 5.41) is 0. The van der Waals surface area contributed by atoms with Gasteiger partial charge >= 0.3 is 0 Å². The van der Waals surface area contributed by atoms with Gasteiger partial charge < -0.3 is 10.3 Å². The van der Waals surface area contributed by atoms with E-state index in [1.807, 2.05) is 61.1 Å². The predicted molar refractivity (Wildman–Crippen MR) is 72.6 cm³/mol. The fourth-order valence-corrected chi connectivity index (χ4v) is 2.02. The van der Waals surface area contributed by atoms with E-state index in [9.17, 15) is 4.79 Å². The van der Waals surface area contributed by atoms with Gasteiger partial charge in [0.1, 0.15) is 0 Å². The van der Waals surface area contributed by atoms with Crippen LogP contribution in [0.25, 0.3) is 0 Å². The molecule has 18 heavy (non-hydrogen) atoms. The van der Waals surface area contributed by atoms with Gasteiger partial charge in [-0.1, -0.05) is 30.3 Å². The molecule has 0 fully saturated rings. The van der Waals surface area contributed by atoms with Crippen LogP contribution < -0.4 is 5.73 Å². The molecule has 2 N–H and O–H groups in total. The van der Waals surface area contributed by atoms with Gasteiger partial charge in [-0.05, 0) is 13.0 Å². The lowest BCUT2D eigenvalue weighted by molar-refractivity contribution is 0.103. The summed E-state index contributed by atoms with van der Waals surface area (Å²) in [6.07, 6.45) is 2.64. The van der Waals surface area contributed by atoms with E-state index < -0.39 is 0 Å². The molecule has 0 spiro atoms. The molecule has 2 rings (SSSR count). The van der Waals surface area contributed by atoms with E-state index in [2.05, 4.69) is 0 Å². The quantitative estimate of drug-likeness (QED) is 0.835. The smallest absolute Gasteiger partial charge is 0.194 e. The Morgan fingerprint density at radius 3 is 2.56 bits per heavy atom. The first-order valence-corrected chi connectivity index (χ1v) is 6.08. The van der Waals surface area contributed by atoms with Crippen LogP contribution in [0.3, 0.4) is 0 Å². The Morgan fingerprint density at radius 2 is 1.94 bits per heavy atom. The fourth-order valence-electron chi connectivity index (χ4n) is 2.02. The first-order chi connectivity index (χ1) is 8.58. The molecule has 0 saturated heterocycles. The summed E-state index contributed by atoms with van der Waals surface area (Å²) in [7, 11) is 1.94. The second-order valence-corrected chi connectivity index (χ2v) is 4.71. The third kappa shape index (κ3) is 2.68. The van der Waals surface area contributed by atoms with Crippen LogP contribution in [0.4, 0.5) is 0 Å². The average molecular weight is 242 g/mol. The van der Waals surface area contributed by atoms with Crippen molar-refractivity contribution in [2.75, 3.05) is 0 Å². The molecule has 0 radical (unpaired) electrons. The van der Waals surface area contributed by atoms with E-state index in [-0.39, 0.29) is 11.8 Å². The number of hydrogen-bond acceptors (Lipinski definition) is 2. The summed E-state index contributed by atoms with van der Waals surface area (Å²) in [4.78, 5) is 12.3. The minimum Gasteiger partial charge on any atom is -0.354 e. The highest BCUT2D eigenvalue weighted by atomic mass is 16.1. The number of nitrogens with zero attached hydrogens (tertiary/aromatic N) is 1. The second-order valence-electron chi connectivity index (χ2n) is 4.71. The lowest BCUT2D eigenvalue weighted by Crippen LogP contribution is -2.19. The fraction of sp³-hybridized carbons (Fsp3) is 0.267. The molecule has 94 valence electrons. The number of benzene rings is 1. The van der Waals surface area contributed by atoms with Crippen molar-refractivity contribution in [2.24, 2.45) is 12.8 Å². The van der Waals surface area contributed by atoms with Gasteiger partial charge in [-0.3, -0.25) is 4.79 Å². The summed E-state index contributed by atoms with van der Waals surface area (Å²) >= 11 is 0. The van der Waals surface area contributed by atoms with Crippen LogP contribution in [0.5, 0.6) is 0 Å². The van der Waals surface area contributed by atoms with Crippen LogP contribution in [0.15, 0.2) is 42.6 Å². The highest BCUT2D eigenvalue weighted by molar-refractivity contribution is 6.09. The lowest BCUT2D eigenvalue weighted by atomic mass is 10.1. The van der Waals surface area contributed by atoms with Gasteiger partial charge in [-0.15, -0.1) is 0 Å². The van der Waals surface area contributed by atoms with Crippen molar-refractivity contribution in [1.29, 1.82) is 0 Å². The zero-order valence-electron chi connectivity index (χ0n) is 10.8. The molecule has 0 aliphatic carbocycles. The molecule has 0 aliphatic rings. The van der Waals surface area contributed by atoms with Gasteiger partial charge in [0.2, 0.25) is 0 Å². The first-order valence-electron chi connectivity index (χ1n) is 6.08. The number of aromatic nitrogens is 1. The molecule has 1 heterocycles. The first kappa shape index (κ1) is 12.6. The molecule has 3 nitrogen and oxygen atoms in total. The van der Waals surface area contributed by atoms with Crippen molar-refractivity contribution >= 4 is 5.78 Å². The van der Waals surface area contributed by atoms with Gasteiger partial charge in [0.25, 0.3) is 0 Å². The van der Waals surface area contributed by atoms with Crippen molar-refractivity contribution in [1.82, 2.24) is 4.57 Å².